The fourth-order valence-corrected chi connectivity index (χ4v) is 5.63. The Morgan fingerprint density at radius 1 is 1.04 bits per heavy atom. The maximum absolute atomic E-state index is 12.6. The van der Waals surface area contributed by atoms with Crippen LogP contribution in [0.4, 0.5) is 0 Å². The summed E-state index contributed by atoms with van der Waals surface area (Å²) in [6, 6.07) is 10.5. The molecule has 0 aliphatic carbocycles. The minimum atomic E-state index is -3.53. The molecule has 3 rings (SSSR count). The molecule has 1 amide bonds. The molecule has 2 aromatic rings. The zero-order valence-corrected chi connectivity index (χ0v) is 15.5. The van der Waals surface area contributed by atoms with Crippen LogP contribution in [0.15, 0.2) is 40.6 Å². The maximum Gasteiger partial charge on any atom is 0.253 e. The summed E-state index contributed by atoms with van der Waals surface area (Å²) >= 11 is 6.88. The first-order valence-electron chi connectivity index (χ1n) is 7.49. The predicted molar refractivity (Wildman–Crippen MR) is 95.2 cm³/mol. The fraction of sp³-hybridized carbons (Fsp3) is 0.312. The Labute approximate surface area is 150 Å². The van der Waals surface area contributed by atoms with Crippen LogP contribution in [-0.2, 0) is 10.0 Å². The number of carbonyl (C=O) groups is 1. The van der Waals surface area contributed by atoms with E-state index in [0.717, 1.165) is 16.9 Å². The third-order valence-electron chi connectivity index (χ3n) is 3.97. The highest BCUT2D eigenvalue weighted by atomic mass is 35.5. The smallest absolute Gasteiger partial charge is 0.253 e. The van der Waals surface area contributed by atoms with Crippen molar-refractivity contribution in [2.45, 2.75) is 11.1 Å². The summed E-state index contributed by atoms with van der Waals surface area (Å²) in [5.41, 5.74) is 1.72. The normalized spacial score (nSPS) is 16.3. The number of amides is 1. The van der Waals surface area contributed by atoms with E-state index >= 15 is 0 Å². The van der Waals surface area contributed by atoms with Crippen molar-refractivity contribution in [2.75, 3.05) is 26.2 Å². The lowest BCUT2D eigenvalue weighted by atomic mass is 10.1. The molecule has 128 valence electrons. The number of benzene rings is 1. The van der Waals surface area contributed by atoms with Gasteiger partial charge in [0.2, 0.25) is 0 Å². The molecule has 1 aromatic heterocycles. The molecule has 1 fully saturated rings. The summed E-state index contributed by atoms with van der Waals surface area (Å²) in [5.74, 6) is -0.0637. The van der Waals surface area contributed by atoms with Gasteiger partial charge in [-0.2, -0.15) is 4.31 Å². The van der Waals surface area contributed by atoms with Crippen molar-refractivity contribution >= 4 is 38.9 Å². The molecule has 8 heteroatoms. The van der Waals surface area contributed by atoms with Gasteiger partial charge >= 0.3 is 0 Å². The van der Waals surface area contributed by atoms with Gasteiger partial charge in [-0.25, -0.2) is 8.42 Å². The molecule has 1 aliphatic rings. The van der Waals surface area contributed by atoms with E-state index in [2.05, 4.69) is 0 Å². The van der Waals surface area contributed by atoms with Gasteiger partial charge in [-0.05, 0) is 31.2 Å². The lowest BCUT2D eigenvalue weighted by Gasteiger charge is -2.33. The second-order valence-electron chi connectivity index (χ2n) is 5.62. The molecular formula is C16H17ClN2O3S2. The van der Waals surface area contributed by atoms with E-state index < -0.39 is 10.0 Å². The van der Waals surface area contributed by atoms with Crippen molar-refractivity contribution in [2.24, 2.45) is 0 Å². The highest BCUT2D eigenvalue weighted by molar-refractivity contribution is 7.91. The lowest BCUT2D eigenvalue weighted by Crippen LogP contribution is -2.50. The molecule has 0 spiro atoms. The third-order valence-corrected chi connectivity index (χ3v) is 7.56. The summed E-state index contributed by atoms with van der Waals surface area (Å²) in [6.07, 6.45) is 0. The van der Waals surface area contributed by atoms with Crippen molar-refractivity contribution < 1.29 is 13.2 Å². The highest BCUT2D eigenvalue weighted by Gasteiger charge is 2.31. The number of halogens is 1. The molecule has 1 aliphatic heterocycles. The largest absolute Gasteiger partial charge is 0.336 e. The van der Waals surface area contributed by atoms with Gasteiger partial charge in [-0.1, -0.05) is 29.3 Å². The molecule has 0 radical (unpaired) electrons. The van der Waals surface area contributed by atoms with Gasteiger partial charge in [-0.15, -0.1) is 11.3 Å². The van der Waals surface area contributed by atoms with Gasteiger partial charge in [0.25, 0.3) is 15.9 Å². The first-order chi connectivity index (χ1) is 11.4. The Kier molecular flexibility index (Phi) is 4.96. The molecule has 0 atom stereocenters. The average molecular weight is 385 g/mol. The van der Waals surface area contributed by atoms with Crippen LogP contribution in [-0.4, -0.2) is 49.7 Å². The predicted octanol–water partition coefficient (Wildman–Crippen LogP) is 2.86. The van der Waals surface area contributed by atoms with Gasteiger partial charge in [-0.3, -0.25) is 4.79 Å². The van der Waals surface area contributed by atoms with E-state index in [1.54, 1.807) is 23.1 Å². The molecule has 0 unspecified atom stereocenters. The van der Waals surface area contributed by atoms with Crippen LogP contribution in [0, 0.1) is 6.92 Å². The van der Waals surface area contributed by atoms with Crippen molar-refractivity contribution in [3.05, 3.63) is 51.9 Å². The summed E-state index contributed by atoms with van der Waals surface area (Å²) in [5, 5.41) is 0. The number of aryl methyl sites for hydroxylation is 1. The minimum absolute atomic E-state index is 0.0637. The van der Waals surface area contributed by atoms with Gasteiger partial charge in [0.1, 0.15) is 4.21 Å². The molecule has 24 heavy (non-hydrogen) atoms. The molecule has 0 N–H and O–H groups in total. The number of sulfonamides is 1. The third kappa shape index (κ3) is 3.49. The number of nitrogens with zero attached hydrogens (tertiary/aromatic N) is 2. The summed E-state index contributed by atoms with van der Waals surface area (Å²) in [7, 11) is -3.53. The summed E-state index contributed by atoms with van der Waals surface area (Å²) in [4.78, 5) is 14.2. The summed E-state index contributed by atoms with van der Waals surface area (Å²) in [6.45, 7) is 3.30. The molecule has 2 heterocycles. The van der Waals surface area contributed by atoms with Crippen molar-refractivity contribution in [3.8, 4) is 0 Å². The van der Waals surface area contributed by atoms with Crippen LogP contribution >= 0.6 is 22.9 Å². The van der Waals surface area contributed by atoms with Crippen LogP contribution in [0.25, 0.3) is 0 Å². The Morgan fingerprint density at radius 3 is 2.21 bits per heavy atom. The summed E-state index contributed by atoms with van der Waals surface area (Å²) < 4.78 is 27.2. The lowest BCUT2D eigenvalue weighted by molar-refractivity contribution is 0.0698. The van der Waals surface area contributed by atoms with Crippen molar-refractivity contribution in [1.29, 1.82) is 0 Å². The highest BCUT2D eigenvalue weighted by Crippen LogP contribution is 2.28. The Hall–Kier alpha value is -1.41. The molecule has 1 saturated heterocycles. The van der Waals surface area contributed by atoms with Gasteiger partial charge in [0.05, 0.1) is 4.34 Å². The van der Waals surface area contributed by atoms with Crippen molar-refractivity contribution in [1.82, 2.24) is 9.21 Å². The zero-order valence-electron chi connectivity index (χ0n) is 13.1. The number of piperazine rings is 1. The molecule has 5 nitrogen and oxygen atoms in total. The van der Waals surface area contributed by atoms with Crippen LogP contribution in [0.1, 0.15) is 15.9 Å². The van der Waals surface area contributed by atoms with E-state index in [1.807, 2.05) is 19.1 Å². The first kappa shape index (κ1) is 17.4. The topological polar surface area (TPSA) is 57.7 Å². The number of carbonyl (C=O) groups excluding carboxylic acids is 1. The first-order valence-corrected chi connectivity index (χ1v) is 10.1. The average Bonchev–Trinajstić information content (AvgIpc) is 3.02. The van der Waals surface area contributed by atoms with Crippen LogP contribution in [0.2, 0.25) is 4.34 Å². The van der Waals surface area contributed by atoms with Gasteiger partial charge in [0, 0.05) is 31.7 Å². The molecule has 0 bridgehead atoms. The quantitative estimate of drug-likeness (QED) is 0.817. The fourth-order valence-electron chi connectivity index (χ4n) is 2.57. The molecule has 0 saturated carbocycles. The second-order valence-corrected chi connectivity index (χ2v) is 9.50. The SMILES string of the molecule is Cc1ccc(C(=O)N2CCN(S(=O)(=O)c3ccc(Cl)s3)CC2)cc1. The molecule has 1 aromatic carbocycles. The Balaban J connectivity index is 1.67. The van der Waals surface area contributed by atoms with Gasteiger partial charge in [0.15, 0.2) is 0 Å². The van der Waals surface area contributed by atoms with Crippen LogP contribution < -0.4 is 0 Å². The standard InChI is InChI=1S/C16H17ClN2O3S2/c1-12-2-4-13(5-3-12)16(20)18-8-10-19(11-9-18)24(21,22)15-7-6-14(17)23-15/h2-7H,8-11H2,1H3. The number of thiophene rings is 1. The number of hydrogen-bond acceptors (Lipinski definition) is 4. The zero-order chi connectivity index (χ0) is 17.3. The number of rotatable bonds is 3. The Morgan fingerprint density at radius 2 is 1.67 bits per heavy atom. The Bertz CT molecular complexity index is 838. The van der Waals surface area contributed by atoms with E-state index in [-0.39, 0.29) is 23.2 Å². The van der Waals surface area contributed by atoms with E-state index in [4.69, 9.17) is 11.6 Å². The van der Waals surface area contributed by atoms with Crippen LogP contribution in [0.5, 0.6) is 0 Å². The van der Waals surface area contributed by atoms with E-state index in [0.29, 0.717) is 23.0 Å². The molecular weight excluding hydrogens is 368 g/mol. The minimum Gasteiger partial charge on any atom is -0.336 e. The number of hydrogen-bond donors (Lipinski definition) is 0. The monoisotopic (exact) mass is 384 g/mol. The maximum atomic E-state index is 12.6. The van der Waals surface area contributed by atoms with Crippen LogP contribution in [0.3, 0.4) is 0 Å². The van der Waals surface area contributed by atoms with E-state index in [1.165, 1.54) is 10.4 Å². The second kappa shape index (κ2) is 6.84. The van der Waals surface area contributed by atoms with Gasteiger partial charge < -0.3 is 4.90 Å². The van der Waals surface area contributed by atoms with Crippen molar-refractivity contribution in [3.63, 3.8) is 0 Å². The van der Waals surface area contributed by atoms with E-state index in [9.17, 15) is 13.2 Å².